The fourth-order valence-corrected chi connectivity index (χ4v) is 3.41. The SMILES string of the molecule is Cl.Cl.NC(CC(=O)N1CCN(CC2CCOC2)CC1)c1ccccc1. The molecule has 2 fully saturated rings. The van der Waals surface area contributed by atoms with E-state index in [2.05, 4.69) is 4.90 Å². The van der Waals surface area contributed by atoms with E-state index < -0.39 is 0 Å². The number of hydrogen-bond donors (Lipinski definition) is 1. The van der Waals surface area contributed by atoms with Crippen molar-refractivity contribution in [1.82, 2.24) is 9.80 Å². The highest BCUT2D eigenvalue weighted by Gasteiger charge is 2.25. The maximum Gasteiger partial charge on any atom is 0.224 e. The molecule has 0 radical (unpaired) electrons. The Labute approximate surface area is 162 Å². The molecule has 2 unspecified atom stereocenters. The van der Waals surface area contributed by atoms with E-state index in [1.54, 1.807) is 0 Å². The summed E-state index contributed by atoms with van der Waals surface area (Å²) in [7, 11) is 0. The van der Waals surface area contributed by atoms with Gasteiger partial charge in [-0.05, 0) is 17.9 Å². The molecule has 7 heteroatoms. The predicted molar refractivity (Wildman–Crippen MR) is 104 cm³/mol. The van der Waals surface area contributed by atoms with Crippen molar-refractivity contribution in [1.29, 1.82) is 0 Å². The molecule has 2 saturated heterocycles. The van der Waals surface area contributed by atoms with Crippen LogP contribution in [-0.2, 0) is 9.53 Å². The third-order valence-electron chi connectivity index (χ3n) is 4.89. The summed E-state index contributed by atoms with van der Waals surface area (Å²) < 4.78 is 5.44. The Morgan fingerprint density at radius 3 is 2.44 bits per heavy atom. The van der Waals surface area contributed by atoms with Crippen molar-refractivity contribution in [2.75, 3.05) is 45.9 Å². The van der Waals surface area contributed by atoms with Crippen molar-refractivity contribution in [3.63, 3.8) is 0 Å². The number of nitrogens with two attached hydrogens (primary N) is 1. The highest BCUT2D eigenvalue weighted by Crippen LogP contribution is 2.17. The summed E-state index contributed by atoms with van der Waals surface area (Å²) >= 11 is 0. The van der Waals surface area contributed by atoms with Crippen LogP contribution in [0.25, 0.3) is 0 Å². The summed E-state index contributed by atoms with van der Waals surface area (Å²) in [6, 6.07) is 9.65. The zero-order valence-electron chi connectivity index (χ0n) is 14.5. The monoisotopic (exact) mass is 389 g/mol. The van der Waals surface area contributed by atoms with Crippen LogP contribution in [0.15, 0.2) is 30.3 Å². The lowest BCUT2D eigenvalue weighted by molar-refractivity contribution is -0.133. The van der Waals surface area contributed by atoms with Gasteiger partial charge in [-0.2, -0.15) is 0 Å². The fourth-order valence-electron chi connectivity index (χ4n) is 3.41. The molecule has 2 N–H and O–H groups in total. The lowest BCUT2D eigenvalue weighted by Gasteiger charge is -2.36. The van der Waals surface area contributed by atoms with Gasteiger partial charge in [-0.25, -0.2) is 0 Å². The van der Waals surface area contributed by atoms with E-state index >= 15 is 0 Å². The lowest BCUT2D eigenvalue weighted by atomic mass is 10.0. The van der Waals surface area contributed by atoms with Crippen LogP contribution in [0, 0.1) is 5.92 Å². The van der Waals surface area contributed by atoms with Gasteiger partial charge in [-0.1, -0.05) is 30.3 Å². The number of carbonyl (C=O) groups is 1. The second-order valence-electron chi connectivity index (χ2n) is 6.63. The van der Waals surface area contributed by atoms with Crippen molar-refractivity contribution in [2.24, 2.45) is 11.7 Å². The molecule has 2 heterocycles. The number of piperazine rings is 1. The highest BCUT2D eigenvalue weighted by atomic mass is 35.5. The number of hydrogen-bond acceptors (Lipinski definition) is 4. The van der Waals surface area contributed by atoms with E-state index in [4.69, 9.17) is 10.5 Å². The van der Waals surface area contributed by atoms with Crippen LogP contribution in [0.3, 0.4) is 0 Å². The molecule has 0 saturated carbocycles. The standard InChI is InChI=1S/C18H27N3O2.2ClH/c19-17(16-4-2-1-3-5-16)12-18(22)21-9-7-20(8-10-21)13-15-6-11-23-14-15;;/h1-5,15,17H,6-14,19H2;2*1H. The minimum atomic E-state index is -0.211. The Morgan fingerprint density at radius 2 is 1.84 bits per heavy atom. The van der Waals surface area contributed by atoms with Crippen molar-refractivity contribution in [3.05, 3.63) is 35.9 Å². The molecule has 142 valence electrons. The van der Waals surface area contributed by atoms with Crippen LogP contribution >= 0.6 is 24.8 Å². The maximum atomic E-state index is 12.4. The predicted octanol–water partition coefficient (Wildman–Crippen LogP) is 2.10. The summed E-state index contributed by atoms with van der Waals surface area (Å²) in [4.78, 5) is 16.9. The molecule has 1 amide bonds. The number of carbonyl (C=O) groups excluding carboxylic acids is 1. The van der Waals surface area contributed by atoms with Crippen molar-refractivity contribution >= 4 is 30.7 Å². The molecule has 2 aliphatic rings. The molecule has 0 aromatic heterocycles. The van der Waals surface area contributed by atoms with Gasteiger partial charge in [0.2, 0.25) is 5.91 Å². The lowest BCUT2D eigenvalue weighted by Crippen LogP contribution is -2.50. The molecule has 0 bridgehead atoms. The van der Waals surface area contributed by atoms with Crippen LogP contribution in [0.4, 0.5) is 0 Å². The molecular formula is C18H29Cl2N3O2. The third kappa shape index (κ3) is 6.42. The zero-order chi connectivity index (χ0) is 16.1. The number of ether oxygens (including phenoxy) is 1. The molecular weight excluding hydrogens is 361 g/mol. The normalized spacial score (nSPS) is 22.0. The van der Waals surface area contributed by atoms with Crippen molar-refractivity contribution in [3.8, 4) is 0 Å². The van der Waals surface area contributed by atoms with Crippen LogP contribution in [-0.4, -0.2) is 61.6 Å². The highest BCUT2D eigenvalue weighted by molar-refractivity contribution is 5.85. The molecule has 0 aliphatic carbocycles. The first kappa shape index (κ1) is 22.2. The maximum absolute atomic E-state index is 12.4. The Balaban J connectivity index is 0.00000156. The van der Waals surface area contributed by atoms with Gasteiger partial charge in [-0.3, -0.25) is 9.69 Å². The summed E-state index contributed by atoms with van der Waals surface area (Å²) in [6.07, 6.45) is 1.56. The summed E-state index contributed by atoms with van der Waals surface area (Å²) in [5.74, 6) is 0.842. The van der Waals surface area contributed by atoms with E-state index in [1.807, 2.05) is 35.2 Å². The van der Waals surface area contributed by atoms with E-state index in [1.165, 1.54) is 6.42 Å². The fraction of sp³-hybridized carbons (Fsp3) is 0.611. The van der Waals surface area contributed by atoms with Gasteiger partial charge >= 0.3 is 0 Å². The number of rotatable bonds is 5. The minimum absolute atomic E-state index is 0. The largest absolute Gasteiger partial charge is 0.381 e. The van der Waals surface area contributed by atoms with Gasteiger partial charge in [0.25, 0.3) is 0 Å². The molecule has 0 spiro atoms. The van der Waals surface area contributed by atoms with Crippen LogP contribution in [0.1, 0.15) is 24.4 Å². The molecule has 25 heavy (non-hydrogen) atoms. The van der Waals surface area contributed by atoms with Crippen molar-refractivity contribution in [2.45, 2.75) is 18.9 Å². The molecule has 2 atom stereocenters. The Kier molecular flexibility index (Phi) is 9.75. The quantitative estimate of drug-likeness (QED) is 0.837. The van der Waals surface area contributed by atoms with E-state index in [0.717, 1.165) is 51.5 Å². The second-order valence-corrected chi connectivity index (χ2v) is 6.63. The molecule has 3 rings (SSSR count). The molecule has 2 aliphatic heterocycles. The van der Waals surface area contributed by atoms with Gasteiger partial charge in [0.1, 0.15) is 0 Å². The van der Waals surface area contributed by atoms with E-state index in [0.29, 0.717) is 12.3 Å². The topological polar surface area (TPSA) is 58.8 Å². The average molecular weight is 390 g/mol. The molecule has 1 aromatic rings. The smallest absolute Gasteiger partial charge is 0.224 e. The van der Waals surface area contributed by atoms with Gasteiger partial charge in [-0.15, -0.1) is 24.8 Å². The summed E-state index contributed by atoms with van der Waals surface area (Å²) in [5.41, 5.74) is 7.20. The van der Waals surface area contributed by atoms with Crippen LogP contribution in [0.5, 0.6) is 0 Å². The van der Waals surface area contributed by atoms with E-state index in [-0.39, 0.29) is 36.8 Å². The average Bonchev–Trinajstić information content (AvgIpc) is 3.09. The first-order chi connectivity index (χ1) is 11.2. The van der Waals surface area contributed by atoms with Crippen LogP contribution < -0.4 is 5.73 Å². The van der Waals surface area contributed by atoms with Gasteiger partial charge < -0.3 is 15.4 Å². The molecule has 5 nitrogen and oxygen atoms in total. The summed E-state index contributed by atoms with van der Waals surface area (Å²) in [6.45, 7) is 6.45. The second kappa shape index (κ2) is 11.0. The number of halogens is 2. The zero-order valence-corrected chi connectivity index (χ0v) is 16.1. The first-order valence-electron chi connectivity index (χ1n) is 8.61. The third-order valence-corrected chi connectivity index (χ3v) is 4.89. The van der Waals surface area contributed by atoms with E-state index in [9.17, 15) is 4.79 Å². The number of benzene rings is 1. The van der Waals surface area contributed by atoms with Gasteiger partial charge in [0.15, 0.2) is 0 Å². The van der Waals surface area contributed by atoms with Gasteiger partial charge in [0.05, 0.1) is 6.61 Å². The number of amides is 1. The van der Waals surface area contributed by atoms with Crippen LogP contribution in [0.2, 0.25) is 0 Å². The Bertz CT molecular complexity index is 504. The first-order valence-corrected chi connectivity index (χ1v) is 8.61. The summed E-state index contributed by atoms with van der Waals surface area (Å²) in [5, 5.41) is 0. The van der Waals surface area contributed by atoms with Crippen molar-refractivity contribution < 1.29 is 9.53 Å². The Morgan fingerprint density at radius 1 is 1.16 bits per heavy atom. The minimum Gasteiger partial charge on any atom is -0.381 e. The number of nitrogens with zero attached hydrogens (tertiary/aromatic N) is 2. The van der Waals surface area contributed by atoms with Gasteiger partial charge in [0, 0.05) is 51.8 Å². The Hall–Kier alpha value is -0.850. The molecule has 1 aromatic carbocycles.